The van der Waals surface area contributed by atoms with Gasteiger partial charge in [-0.2, -0.15) is 0 Å². The number of hydrogen-bond acceptors (Lipinski definition) is 7. The number of rotatable bonds is 4. The third-order valence-electron chi connectivity index (χ3n) is 10.8. The van der Waals surface area contributed by atoms with Crippen molar-refractivity contribution in [2.75, 3.05) is 0 Å². The number of aliphatic hydroxyl groups excluding tert-OH is 2. The molecule has 4 aliphatic carbocycles. The van der Waals surface area contributed by atoms with Gasteiger partial charge in [0.15, 0.2) is 11.5 Å². The second-order valence-electron chi connectivity index (χ2n) is 13.9. The molecule has 2 saturated carbocycles. The highest BCUT2D eigenvalue weighted by atomic mass is 16.3. The number of aliphatic hydroxyl groups is 4. The Hall–Kier alpha value is -2.09. The van der Waals surface area contributed by atoms with Crippen LogP contribution in [0.5, 0.6) is 0 Å². The van der Waals surface area contributed by atoms with Gasteiger partial charge >= 0.3 is 0 Å². The van der Waals surface area contributed by atoms with Gasteiger partial charge in [0.25, 0.3) is 0 Å². The van der Waals surface area contributed by atoms with Gasteiger partial charge in [-0.15, -0.1) is 0 Å². The van der Waals surface area contributed by atoms with Crippen LogP contribution in [0.25, 0.3) is 0 Å². The number of ketones is 3. The third kappa shape index (κ3) is 3.60. The normalized spacial score (nSPS) is 42.9. The Morgan fingerprint density at radius 3 is 2.22 bits per heavy atom. The molecule has 0 aromatic carbocycles. The molecular formula is C30H42O7. The Morgan fingerprint density at radius 2 is 1.65 bits per heavy atom. The lowest BCUT2D eigenvalue weighted by Crippen LogP contribution is -2.64. The van der Waals surface area contributed by atoms with Gasteiger partial charge in [-0.05, 0) is 76.4 Å². The Labute approximate surface area is 219 Å². The van der Waals surface area contributed by atoms with Crippen LogP contribution in [0.2, 0.25) is 0 Å². The molecule has 0 radical (unpaired) electrons. The molecule has 0 saturated heterocycles. The van der Waals surface area contributed by atoms with E-state index in [0.29, 0.717) is 12.8 Å². The van der Waals surface area contributed by atoms with Gasteiger partial charge in [-0.25, -0.2) is 0 Å². The van der Waals surface area contributed by atoms with E-state index >= 15 is 0 Å². The monoisotopic (exact) mass is 514 g/mol. The van der Waals surface area contributed by atoms with Crippen LogP contribution in [0.3, 0.4) is 0 Å². The molecule has 4 aliphatic rings. The van der Waals surface area contributed by atoms with Crippen molar-refractivity contribution in [3.05, 3.63) is 35.6 Å². The minimum absolute atomic E-state index is 0.0453. The minimum Gasteiger partial charge on any atom is -0.505 e. The first-order valence-electron chi connectivity index (χ1n) is 13.2. The topological polar surface area (TPSA) is 132 Å². The van der Waals surface area contributed by atoms with Crippen molar-refractivity contribution in [1.82, 2.24) is 0 Å². The molecule has 7 nitrogen and oxygen atoms in total. The lowest BCUT2D eigenvalue weighted by Gasteiger charge is -2.63. The van der Waals surface area contributed by atoms with Crippen LogP contribution < -0.4 is 0 Å². The number of carbonyl (C=O) groups is 3. The maximum Gasteiger partial charge on any atom is 0.206 e. The molecule has 0 aromatic heterocycles. The Balaban J connectivity index is 1.82. The molecule has 0 bridgehead atoms. The Morgan fingerprint density at radius 1 is 1.05 bits per heavy atom. The summed E-state index contributed by atoms with van der Waals surface area (Å²) in [5, 5.41) is 43.6. The van der Waals surface area contributed by atoms with Crippen LogP contribution in [0.15, 0.2) is 35.6 Å². The molecule has 0 spiro atoms. The molecule has 8 atom stereocenters. The summed E-state index contributed by atoms with van der Waals surface area (Å²) in [4.78, 5) is 40.1. The van der Waals surface area contributed by atoms with Crippen LogP contribution >= 0.6 is 0 Å². The summed E-state index contributed by atoms with van der Waals surface area (Å²) in [6, 6.07) is 0. The van der Waals surface area contributed by atoms with Crippen LogP contribution in [0, 0.1) is 39.4 Å². The zero-order valence-electron chi connectivity index (χ0n) is 23.3. The first-order valence-corrected chi connectivity index (χ1v) is 13.2. The number of fused-ring (bicyclic) bond motifs is 5. The Bertz CT molecular complexity index is 1150. The molecule has 7 heteroatoms. The molecule has 37 heavy (non-hydrogen) atoms. The van der Waals surface area contributed by atoms with Gasteiger partial charge in [0.2, 0.25) is 5.78 Å². The predicted molar refractivity (Wildman–Crippen MR) is 138 cm³/mol. The smallest absolute Gasteiger partial charge is 0.206 e. The average molecular weight is 515 g/mol. The van der Waals surface area contributed by atoms with E-state index in [4.69, 9.17) is 0 Å². The SMILES string of the molecule is CC(C)(O)/C=C/C(=O)[C@](C)(O)C1[C@@H](O)C[C@@]2(C)[C@@H]3CC=C4[C@H](C=C(O)C(=O)C4(C)C)C3(C)C(=O)CC12C. The van der Waals surface area contributed by atoms with Crippen molar-refractivity contribution in [2.45, 2.75) is 92.0 Å². The van der Waals surface area contributed by atoms with Crippen molar-refractivity contribution in [1.29, 1.82) is 0 Å². The van der Waals surface area contributed by atoms with Crippen molar-refractivity contribution >= 4 is 17.3 Å². The van der Waals surface area contributed by atoms with E-state index in [2.05, 4.69) is 0 Å². The van der Waals surface area contributed by atoms with Crippen LogP contribution in [0.4, 0.5) is 0 Å². The fourth-order valence-corrected chi connectivity index (χ4v) is 8.58. The third-order valence-corrected chi connectivity index (χ3v) is 10.8. The second kappa shape index (κ2) is 7.96. The summed E-state index contributed by atoms with van der Waals surface area (Å²) < 4.78 is 0. The summed E-state index contributed by atoms with van der Waals surface area (Å²) in [5.41, 5.74) is -5.75. The number of allylic oxidation sites excluding steroid dienone is 4. The quantitative estimate of drug-likeness (QED) is 0.333. The molecule has 4 rings (SSSR count). The molecule has 204 valence electrons. The van der Waals surface area contributed by atoms with E-state index in [0.717, 1.165) is 11.6 Å². The first kappa shape index (κ1) is 27.9. The highest BCUT2D eigenvalue weighted by Crippen LogP contribution is 2.73. The van der Waals surface area contributed by atoms with Crippen LogP contribution in [-0.4, -0.2) is 55.1 Å². The first-order chi connectivity index (χ1) is 16.7. The highest BCUT2D eigenvalue weighted by Gasteiger charge is 2.74. The number of carbonyl (C=O) groups excluding carboxylic acids is 3. The maximum atomic E-state index is 14.2. The Kier molecular flexibility index (Phi) is 6.01. The highest BCUT2D eigenvalue weighted by molar-refractivity contribution is 6.02. The van der Waals surface area contributed by atoms with Gasteiger partial charge in [0, 0.05) is 23.7 Å². The van der Waals surface area contributed by atoms with Gasteiger partial charge < -0.3 is 20.4 Å². The summed E-state index contributed by atoms with van der Waals surface area (Å²) in [5.74, 6) is -2.98. The van der Waals surface area contributed by atoms with Crippen molar-refractivity contribution in [2.24, 2.45) is 39.4 Å². The standard InChI is InChI=1S/C30H42O7/c1-25(2,36)12-11-21(33)30(8,37)23-19(32)14-27(5)20-10-9-16-17(13-18(31)24(35)26(16,3)4)29(20,7)22(34)15-28(23,27)6/h9,11-13,17,19-20,23,31-32,36-37H,10,14-15H2,1-8H3/b12-11+/t17-,19-,20-,23?,27-,28?,29?,30-/m0/s1. The summed E-state index contributed by atoms with van der Waals surface area (Å²) in [7, 11) is 0. The van der Waals surface area contributed by atoms with E-state index in [-0.39, 0.29) is 29.7 Å². The summed E-state index contributed by atoms with van der Waals surface area (Å²) in [6.07, 6.45) is 5.85. The maximum absolute atomic E-state index is 14.2. The molecule has 3 unspecified atom stereocenters. The molecule has 0 aromatic rings. The van der Waals surface area contributed by atoms with E-state index in [9.17, 15) is 34.8 Å². The lowest BCUT2D eigenvalue weighted by molar-refractivity contribution is -0.179. The second-order valence-corrected chi connectivity index (χ2v) is 13.9. The van der Waals surface area contributed by atoms with Crippen molar-refractivity contribution < 1.29 is 34.8 Å². The largest absolute Gasteiger partial charge is 0.505 e. The molecule has 2 fully saturated rings. The van der Waals surface area contributed by atoms with Crippen molar-refractivity contribution in [3.63, 3.8) is 0 Å². The zero-order chi connectivity index (χ0) is 28.1. The fourth-order valence-electron chi connectivity index (χ4n) is 8.58. The van der Waals surface area contributed by atoms with E-state index in [1.165, 1.54) is 32.9 Å². The van der Waals surface area contributed by atoms with Crippen LogP contribution in [-0.2, 0) is 14.4 Å². The summed E-state index contributed by atoms with van der Waals surface area (Å²) in [6.45, 7) is 13.8. The number of hydrogen-bond donors (Lipinski definition) is 4. The van der Waals surface area contributed by atoms with Gasteiger partial charge in [-0.3, -0.25) is 14.4 Å². The van der Waals surface area contributed by atoms with E-state index in [1.54, 1.807) is 13.8 Å². The fraction of sp³-hybridized carbons (Fsp3) is 0.700. The molecule has 0 heterocycles. The average Bonchev–Trinajstić information content (AvgIpc) is 2.96. The predicted octanol–water partition coefficient (Wildman–Crippen LogP) is 3.62. The van der Waals surface area contributed by atoms with E-state index < -0.39 is 56.6 Å². The van der Waals surface area contributed by atoms with Gasteiger partial charge in [-0.1, -0.05) is 38.5 Å². The lowest BCUT2D eigenvalue weighted by atomic mass is 9.39. The van der Waals surface area contributed by atoms with Crippen molar-refractivity contribution in [3.8, 4) is 0 Å². The van der Waals surface area contributed by atoms with Crippen LogP contribution in [0.1, 0.15) is 74.7 Å². The van der Waals surface area contributed by atoms with Gasteiger partial charge in [0.1, 0.15) is 11.4 Å². The summed E-state index contributed by atoms with van der Waals surface area (Å²) >= 11 is 0. The molecule has 4 N–H and O–H groups in total. The minimum atomic E-state index is -1.96. The molecule has 0 amide bonds. The van der Waals surface area contributed by atoms with E-state index in [1.807, 2.05) is 26.8 Å². The number of Topliss-reactive ketones (excluding diaryl/α,β-unsaturated/α-hetero) is 2. The zero-order valence-corrected chi connectivity index (χ0v) is 23.3. The molecule has 0 aliphatic heterocycles. The van der Waals surface area contributed by atoms with Gasteiger partial charge in [0.05, 0.1) is 17.1 Å². The molecular weight excluding hydrogens is 472 g/mol.